The fourth-order valence-electron chi connectivity index (χ4n) is 1.89. The standard InChI is InChI=1S/C15H11N5O6/c21-18(22)12-5-3-11(4-6-12)2-1-9-16-17-14-8-7-13(19(23)24)10-15(14)20(25)26/h1-10,17H. The highest BCUT2D eigenvalue weighted by Gasteiger charge is 2.18. The monoisotopic (exact) mass is 357 g/mol. The van der Waals surface area contributed by atoms with Crippen LogP contribution in [0.15, 0.2) is 53.6 Å². The average molecular weight is 357 g/mol. The second-order valence-corrected chi connectivity index (χ2v) is 4.81. The minimum atomic E-state index is -0.752. The van der Waals surface area contributed by atoms with Gasteiger partial charge in [-0.1, -0.05) is 6.08 Å². The summed E-state index contributed by atoms with van der Waals surface area (Å²) in [4.78, 5) is 30.2. The van der Waals surface area contributed by atoms with Crippen molar-refractivity contribution in [2.75, 3.05) is 5.43 Å². The number of hydrogen-bond acceptors (Lipinski definition) is 8. The zero-order valence-electron chi connectivity index (χ0n) is 13.0. The molecule has 0 amide bonds. The number of non-ortho nitro benzene ring substituents is 2. The van der Waals surface area contributed by atoms with Gasteiger partial charge in [0.05, 0.1) is 20.8 Å². The van der Waals surface area contributed by atoms with E-state index in [1.165, 1.54) is 30.5 Å². The number of rotatable bonds is 7. The minimum absolute atomic E-state index is 0.000543. The molecule has 0 saturated carbocycles. The molecule has 0 bridgehead atoms. The number of nitro groups is 3. The number of allylic oxidation sites excluding steroid dienone is 1. The summed E-state index contributed by atoms with van der Waals surface area (Å²) in [6, 6.07) is 8.97. The first kappa shape index (κ1) is 18.2. The number of benzene rings is 2. The molecule has 11 heteroatoms. The highest BCUT2D eigenvalue weighted by Crippen LogP contribution is 2.28. The highest BCUT2D eigenvalue weighted by molar-refractivity contribution is 5.79. The Hall–Kier alpha value is -4.15. The average Bonchev–Trinajstić information content (AvgIpc) is 2.61. The number of anilines is 1. The molecule has 0 spiro atoms. The van der Waals surface area contributed by atoms with Gasteiger partial charge in [-0.05, 0) is 29.8 Å². The van der Waals surface area contributed by atoms with Gasteiger partial charge in [0.15, 0.2) is 0 Å². The van der Waals surface area contributed by atoms with Gasteiger partial charge in [0.25, 0.3) is 11.4 Å². The van der Waals surface area contributed by atoms with Crippen LogP contribution in [-0.2, 0) is 0 Å². The quantitative estimate of drug-likeness (QED) is 0.451. The molecule has 0 unspecified atom stereocenters. The van der Waals surface area contributed by atoms with Crippen molar-refractivity contribution < 1.29 is 14.8 Å². The lowest BCUT2D eigenvalue weighted by molar-refractivity contribution is -0.393. The number of hydrogen-bond donors (Lipinski definition) is 1. The normalized spacial score (nSPS) is 10.9. The van der Waals surface area contributed by atoms with E-state index in [1.807, 2.05) is 0 Å². The number of nitrogens with one attached hydrogen (secondary N) is 1. The summed E-state index contributed by atoms with van der Waals surface area (Å²) >= 11 is 0. The van der Waals surface area contributed by atoms with Crippen LogP contribution in [0.25, 0.3) is 6.08 Å². The van der Waals surface area contributed by atoms with Gasteiger partial charge in [0, 0.05) is 24.4 Å². The molecule has 0 fully saturated rings. The van der Waals surface area contributed by atoms with Crippen molar-refractivity contribution in [3.63, 3.8) is 0 Å². The van der Waals surface area contributed by atoms with Gasteiger partial charge in [-0.2, -0.15) is 5.10 Å². The van der Waals surface area contributed by atoms with E-state index < -0.39 is 26.1 Å². The summed E-state index contributed by atoms with van der Waals surface area (Å²) in [5.74, 6) is 0. The van der Waals surface area contributed by atoms with Crippen molar-refractivity contribution in [2.24, 2.45) is 5.10 Å². The van der Waals surface area contributed by atoms with Gasteiger partial charge in [-0.3, -0.25) is 35.8 Å². The van der Waals surface area contributed by atoms with Gasteiger partial charge in [0.1, 0.15) is 5.69 Å². The van der Waals surface area contributed by atoms with Gasteiger partial charge in [-0.25, -0.2) is 0 Å². The van der Waals surface area contributed by atoms with E-state index in [9.17, 15) is 30.3 Å². The Kier molecular flexibility index (Phi) is 5.67. The van der Waals surface area contributed by atoms with Crippen LogP contribution in [0, 0.1) is 30.3 Å². The smallest absolute Gasteiger partial charge is 0.272 e. The Morgan fingerprint density at radius 2 is 1.46 bits per heavy atom. The minimum Gasteiger partial charge on any atom is -0.272 e. The molecule has 2 aromatic carbocycles. The van der Waals surface area contributed by atoms with Crippen molar-refractivity contribution in [2.45, 2.75) is 0 Å². The van der Waals surface area contributed by atoms with Gasteiger partial charge in [0.2, 0.25) is 0 Å². The fraction of sp³-hybridized carbons (Fsp3) is 0. The molecule has 0 atom stereocenters. The van der Waals surface area contributed by atoms with Crippen LogP contribution in [0.1, 0.15) is 5.56 Å². The number of nitro benzene ring substituents is 3. The zero-order valence-corrected chi connectivity index (χ0v) is 13.0. The third kappa shape index (κ3) is 4.67. The molecule has 2 aromatic rings. The largest absolute Gasteiger partial charge is 0.301 e. The van der Waals surface area contributed by atoms with Crippen LogP contribution in [-0.4, -0.2) is 21.0 Å². The molecule has 11 nitrogen and oxygen atoms in total. The summed E-state index contributed by atoms with van der Waals surface area (Å²) in [6.45, 7) is 0. The Balaban J connectivity index is 2.05. The van der Waals surface area contributed by atoms with Crippen LogP contribution < -0.4 is 5.43 Å². The first-order chi connectivity index (χ1) is 12.4. The second-order valence-electron chi connectivity index (χ2n) is 4.81. The molecular formula is C15H11N5O6. The van der Waals surface area contributed by atoms with E-state index >= 15 is 0 Å². The molecule has 0 aliphatic rings. The molecule has 1 N–H and O–H groups in total. The van der Waals surface area contributed by atoms with E-state index in [-0.39, 0.29) is 11.4 Å². The first-order valence-electron chi connectivity index (χ1n) is 7.01. The Morgan fingerprint density at radius 3 is 2.04 bits per heavy atom. The van der Waals surface area contributed by atoms with Crippen LogP contribution in [0.3, 0.4) is 0 Å². The van der Waals surface area contributed by atoms with Crippen molar-refractivity contribution in [3.8, 4) is 0 Å². The molecular weight excluding hydrogens is 346 g/mol. The van der Waals surface area contributed by atoms with Crippen LogP contribution >= 0.6 is 0 Å². The summed E-state index contributed by atoms with van der Waals surface area (Å²) < 4.78 is 0. The summed E-state index contributed by atoms with van der Waals surface area (Å²) in [6.07, 6.45) is 4.46. The topological polar surface area (TPSA) is 154 Å². The van der Waals surface area contributed by atoms with Crippen molar-refractivity contribution in [3.05, 3.63) is 84.4 Å². The molecule has 0 heterocycles. The van der Waals surface area contributed by atoms with Gasteiger partial charge in [-0.15, -0.1) is 0 Å². The predicted molar refractivity (Wildman–Crippen MR) is 94.0 cm³/mol. The number of hydrazone groups is 1. The molecule has 2 rings (SSSR count). The van der Waals surface area contributed by atoms with E-state index in [1.54, 1.807) is 18.2 Å². The maximum absolute atomic E-state index is 11.0. The van der Waals surface area contributed by atoms with E-state index in [4.69, 9.17) is 0 Å². The Labute approximate surface area is 145 Å². The third-order valence-corrected chi connectivity index (χ3v) is 3.13. The number of nitrogens with zero attached hydrogens (tertiary/aromatic N) is 4. The van der Waals surface area contributed by atoms with Crippen LogP contribution in [0.2, 0.25) is 0 Å². The predicted octanol–water partition coefficient (Wildman–Crippen LogP) is 3.52. The molecule has 26 heavy (non-hydrogen) atoms. The van der Waals surface area contributed by atoms with E-state index in [0.717, 1.165) is 12.1 Å². The molecule has 0 aromatic heterocycles. The lowest BCUT2D eigenvalue weighted by Crippen LogP contribution is -1.98. The summed E-state index contributed by atoms with van der Waals surface area (Å²) in [5, 5.41) is 36.0. The fourth-order valence-corrected chi connectivity index (χ4v) is 1.89. The molecule has 0 aliphatic carbocycles. The molecule has 0 saturated heterocycles. The van der Waals surface area contributed by atoms with E-state index in [2.05, 4.69) is 10.5 Å². The van der Waals surface area contributed by atoms with Gasteiger partial charge >= 0.3 is 5.69 Å². The van der Waals surface area contributed by atoms with Crippen LogP contribution in [0.5, 0.6) is 0 Å². The maximum atomic E-state index is 11.0. The molecule has 0 aliphatic heterocycles. The van der Waals surface area contributed by atoms with Crippen molar-refractivity contribution in [1.82, 2.24) is 0 Å². The summed E-state index contributed by atoms with van der Waals surface area (Å²) in [5.41, 5.74) is 2.23. The lowest BCUT2D eigenvalue weighted by Gasteiger charge is -2.01. The third-order valence-electron chi connectivity index (χ3n) is 3.13. The molecule has 0 radical (unpaired) electrons. The maximum Gasteiger partial charge on any atom is 0.301 e. The first-order valence-corrected chi connectivity index (χ1v) is 7.01. The highest BCUT2D eigenvalue weighted by atomic mass is 16.6. The zero-order chi connectivity index (χ0) is 19.1. The SMILES string of the molecule is O=[N+]([O-])c1ccc(C=CC=NNc2ccc([N+](=O)[O-])cc2[N+](=O)[O-])cc1. The van der Waals surface area contributed by atoms with Gasteiger partial charge < -0.3 is 0 Å². The Bertz CT molecular complexity index is 907. The van der Waals surface area contributed by atoms with Crippen LogP contribution in [0.4, 0.5) is 22.7 Å². The van der Waals surface area contributed by atoms with Crippen molar-refractivity contribution >= 4 is 35.0 Å². The van der Waals surface area contributed by atoms with Crippen molar-refractivity contribution in [1.29, 1.82) is 0 Å². The lowest BCUT2D eigenvalue weighted by atomic mass is 10.2. The molecule has 132 valence electrons. The van der Waals surface area contributed by atoms with E-state index in [0.29, 0.717) is 5.56 Å². The summed E-state index contributed by atoms with van der Waals surface area (Å²) in [7, 11) is 0. The Morgan fingerprint density at radius 1 is 0.846 bits per heavy atom. The second kappa shape index (κ2) is 8.10.